The van der Waals surface area contributed by atoms with Crippen molar-refractivity contribution in [2.75, 3.05) is 33.4 Å². The standard InChI is InChI=1S/C13H19N3O4/c1-20-9-8-14-6-7-15-13(17)10-11-4-2-3-5-12(11)16(18)19/h2-5,14H,6-10H2,1H3,(H,15,17). The van der Waals surface area contributed by atoms with Crippen molar-refractivity contribution in [3.8, 4) is 0 Å². The van der Waals surface area contributed by atoms with Gasteiger partial charge in [0.15, 0.2) is 0 Å². The van der Waals surface area contributed by atoms with E-state index in [1.165, 1.54) is 6.07 Å². The number of carbonyl (C=O) groups is 1. The van der Waals surface area contributed by atoms with E-state index in [-0.39, 0.29) is 18.0 Å². The number of rotatable bonds is 9. The molecule has 0 spiro atoms. The molecule has 0 aliphatic rings. The molecule has 0 heterocycles. The van der Waals surface area contributed by atoms with Gasteiger partial charge >= 0.3 is 0 Å². The molecule has 7 heteroatoms. The van der Waals surface area contributed by atoms with Crippen LogP contribution >= 0.6 is 0 Å². The number of hydrogen-bond donors (Lipinski definition) is 2. The first-order valence-corrected chi connectivity index (χ1v) is 6.33. The molecule has 1 aromatic rings. The van der Waals surface area contributed by atoms with Gasteiger partial charge in [-0.25, -0.2) is 0 Å². The van der Waals surface area contributed by atoms with E-state index in [0.29, 0.717) is 25.3 Å². The number of hydrogen-bond acceptors (Lipinski definition) is 5. The van der Waals surface area contributed by atoms with Gasteiger partial charge in [0.05, 0.1) is 18.0 Å². The number of benzene rings is 1. The zero-order valence-corrected chi connectivity index (χ0v) is 11.4. The van der Waals surface area contributed by atoms with Gasteiger partial charge in [-0.15, -0.1) is 0 Å². The fourth-order valence-electron chi connectivity index (χ4n) is 1.66. The summed E-state index contributed by atoms with van der Waals surface area (Å²) >= 11 is 0. The lowest BCUT2D eigenvalue weighted by molar-refractivity contribution is -0.385. The monoisotopic (exact) mass is 281 g/mol. The Hall–Kier alpha value is -1.99. The first-order valence-electron chi connectivity index (χ1n) is 6.33. The van der Waals surface area contributed by atoms with Crippen LogP contribution in [-0.4, -0.2) is 44.2 Å². The van der Waals surface area contributed by atoms with Crippen LogP contribution in [0.3, 0.4) is 0 Å². The summed E-state index contributed by atoms with van der Waals surface area (Å²) in [5.41, 5.74) is 0.392. The molecule has 0 aliphatic heterocycles. The van der Waals surface area contributed by atoms with Crippen LogP contribution in [0.25, 0.3) is 0 Å². The van der Waals surface area contributed by atoms with Crippen molar-refractivity contribution in [1.82, 2.24) is 10.6 Å². The predicted octanol–water partition coefficient (Wildman–Crippen LogP) is 0.490. The third kappa shape index (κ3) is 5.77. The van der Waals surface area contributed by atoms with Gasteiger partial charge in [-0.1, -0.05) is 18.2 Å². The minimum absolute atomic E-state index is 0.00915. The Bertz CT molecular complexity index is 451. The molecule has 0 radical (unpaired) electrons. The molecule has 1 rings (SSSR count). The molecule has 0 atom stereocenters. The van der Waals surface area contributed by atoms with Crippen molar-refractivity contribution in [3.05, 3.63) is 39.9 Å². The Morgan fingerprint density at radius 2 is 2.05 bits per heavy atom. The lowest BCUT2D eigenvalue weighted by Crippen LogP contribution is -2.33. The zero-order chi connectivity index (χ0) is 14.8. The van der Waals surface area contributed by atoms with Gasteiger partial charge in [0, 0.05) is 38.4 Å². The average Bonchev–Trinajstić information content (AvgIpc) is 2.43. The number of nitro benzene ring substituents is 1. The maximum Gasteiger partial charge on any atom is 0.273 e. The fraction of sp³-hybridized carbons (Fsp3) is 0.462. The summed E-state index contributed by atoms with van der Waals surface area (Å²) in [6, 6.07) is 6.25. The van der Waals surface area contributed by atoms with E-state index in [2.05, 4.69) is 10.6 Å². The number of carbonyl (C=O) groups excluding carboxylic acids is 1. The lowest BCUT2D eigenvalue weighted by Gasteiger charge is -2.07. The minimum atomic E-state index is -0.477. The lowest BCUT2D eigenvalue weighted by atomic mass is 10.1. The number of nitrogens with one attached hydrogen (secondary N) is 2. The van der Waals surface area contributed by atoms with Crippen LogP contribution in [0.1, 0.15) is 5.56 Å². The molecule has 0 fully saturated rings. The molecule has 1 aromatic carbocycles. The van der Waals surface area contributed by atoms with Crippen molar-refractivity contribution in [3.63, 3.8) is 0 Å². The van der Waals surface area contributed by atoms with Gasteiger partial charge in [-0.05, 0) is 0 Å². The highest BCUT2D eigenvalue weighted by atomic mass is 16.6. The van der Waals surface area contributed by atoms with Crippen LogP contribution in [0.4, 0.5) is 5.69 Å². The van der Waals surface area contributed by atoms with Gasteiger partial charge in [0.2, 0.25) is 5.91 Å². The molecule has 7 nitrogen and oxygen atoms in total. The Morgan fingerprint density at radius 1 is 1.30 bits per heavy atom. The molecule has 0 aromatic heterocycles. The van der Waals surface area contributed by atoms with Crippen LogP contribution in [0, 0.1) is 10.1 Å². The number of nitro groups is 1. The summed E-state index contributed by atoms with van der Waals surface area (Å²) < 4.78 is 4.87. The minimum Gasteiger partial charge on any atom is -0.383 e. The Kier molecular flexibility index (Phi) is 7.23. The second-order valence-corrected chi connectivity index (χ2v) is 4.16. The SMILES string of the molecule is COCCNCCNC(=O)Cc1ccccc1[N+](=O)[O-]. The maximum atomic E-state index is 11.7. The summed E-state index contributed by atoms with van der Waals surface area (Å²) in [5.74, 6) is -0.229. The van der Waals surface area contributed by atoms with Crippen LogP contribution in [0.5, 0.6) is 0 Å². The molecule has 1 amide bonds. The number of ether oxygens (including phenoxy) is 1. The molecule has 0 saturated carbocycles. The van der Waals surface area contributed by atoms with E-state index < -0.39 is 4.92 Å². The molecule has 0 saturated heterocycles. The molecule has 0 unspecified atom stereocenters. The predicted molar refractivity (Wildman–Crippen MR) is 74.6 cm³/mol. The molecular formula is C13H19N3O4. The van der Waals surface area contributed by atoms with E-state index in [9.17, 15) is 14.9 Å². The third-order valence-corrected chi connectivity index (χ3v) is 2.65. The molecular weight excluding hydrogens is 262 g/mol. The Balaban J connectivity index is 2.34. The quantitative estimate of drug-likeness (QED) is 0.390. The van der Waals surface area contributed by atoms with Crippen LogP contribution in [0.15, 0.2) is 24.3 Å². The molecule has 110 valence electrons. The maximum absolute atomic E-state index is 11.7. The summed E-state index contributed by atoms with van der Waals surface area (Å²) in [6.07, 6.45) is 0.00915. The highest BCUT2D eigenvalue weighted by molar-refractivity contribution is 5.79. The van der Waals surface area contributed by atoms with Crippen LogP contribution in [-0.2, 0) is 16.0 Å². The number of methoxy groups -OCH3 is 1. The van der Waals surface area contributed by atoms with Crippen molar-refractivity contribution in [2.24, 2.45) is 0 Å². The zero-order valence-electron chi connectivity index (χ0n) is 11.4. The summed E-state index contributed by atoms with van der Waals surface area (Å²) in [5, 5.41) is 16.6. The third-order valence-electron chi connectivity index (χ3n) is 2.65. The second kappa shape index (κ2) is 9.00. The van der Waals surface area contributed by atoms with E-state index >= 15 is 0 Å². The van der Waals surface area contributed by atoms with E-state index in [1.54, 1.807) is 25.3 Å². The number of amides is 1. The topological polar surface area (TPSA) is 93.5 Å². The fourth-order valence-corrected chi connectivity index (χ4v) is 1.66. The normalized spacial score (nSPS) is 10.2. The van der Waals surface area contributed by atoms with Gasteiger partial charge < -0.3 is 15.4 Å². The van der Waals surface area contributed by atoms with Crippen LogP contribution in [0.2, 0.25) is 0 Å². The van der Waals surface area contributed by atoms with Crippen LogP contribution < -0.4 is 10.6 Å². The van der Waals surface area contributed by atoms with Gasteiger partial charge in [0.25, 0.3) is 5.69 Å². The average molecular weight is 281 g/mol. The smallest absolute Gasteiger partial charge is 0.273 e. The first kappa shape index (κ1) is 16.1. The Labute approximate surface area is 117 Å². The number of nitrogens with zero attached hydrogens (tertiary/aromatic N) is 1. The summed E-state index contributed by atoms with van der Waals surface area (Å²) in [4.78, 5) is 22.0. The summed E-state index contributed by atoms with van der Waals surface area (Å²) in [6.45, 7) is 2.44. The van der Waals surface area contributed by atoms with Gasteiger partial charge in [-0.3, -0.25) is 14.9 Å². The second-order valence-electron chi connectivity index (χ2n) is 4.16. The van der Waals surface area contributed by atoms with Gasteiger partial charge in [-0.2, -0.15) is 0 Å². The number of para-hydroxylation sites is 1. The molecule has 0 aliphatic carbocycles. The molecule has 2 N–H and O–H groups in total. The Morgan fingerprint density at radius 3 is 2.75 bits per heavy atom. The highest BCUT2D eigenvalue weighted by Crippen LogP contribution is 2.17. The van der Waals surface area contributed by atoms with Crippen molar-refractivity contribution >= 4 is 11.6 Å². The summed E-state index contributed by atoms with van der Waals surface area (Å²) in [7, 11) is 1.62. The largest absolute Gasteiger partial charge is 0.383 e. The molecule has 0 bridgehead atoms. The van der Waals surface area contributed by atoms with E-state index in [1.807, 2.05) is 0 Å². The highest BCUT2D eigenvalue weighted by Gasteiger charge is 2.14. The molecule has 20 heavy (non-hydrogen) atoms. The van der Waals surface area contributed by atoms with Crippen molar-refractivity contribution in [2.45, 2.75) is 6.42 Å². The van der Waals surface area contributed by atoms with Crippen molar-refractivity contribution < 1.29 is 14.5 Å². The van der Waals surface area contributed by atoms with E-state index in [4.69, 9.17) is 4.74 Å². The van der Waals surface area contributed by atoms with Crippen molar-refractivity contribution in [1.29, 1.82) is 0 Å². The van der Waals surface area contributed by atoms with E-state index in [0.717, 1.165) is 6.54 Å². The van der Waals surface area contributed by atoms with Gasteiger partial charge in [0.1, 0.15) is 0 Å². The first-order chi connectivity index (χ1) is 9.65.